The summed E-state index contributed by atoms with van der Waals surface area (Å²) in [5.74, 6) is 0.224. The van der Waals surface area contributed by atoms with E-state index < -0.39 is 0 Å². The van der Waals surface area contributed by atoms with Gasteiger partial charge in [0.15, 0.2) is 5.78 Å². The molecular weight excluding hydrogens is 240 g/mol. The van der Waals surface area contributed by atoms with Crippen LogP contribution in [-0.4, -0.2) is 20.8 Å². The second-order valence-corrected chi connectivity index (χ2v) is 5.02. The predicted molar refractivity (Wildman–Crippen MR) is 75.5 cm³/mol. The van der Waals surface area contributed by atoms with Crippen molar-refractivity contribution < 1.29 is 4.79 Å². The van der Waals surface area contributed by atoms with Gasteiger partial charge >= 0.3 is 0 Å². The lowest BCUT2D eigenvalue weighted by Crippen LogP contribution is -2.10. The quantitative estimate of drug-likeness (QED) is 0.624. The van der Waals surface area contributed by atoms with Crippen LogP contribution in [0.25, 0.3) is 0 Å². The fourth-order valence-corrected chi connectivity index (χ4v) is 2.05. The Balaban J connectivity index is 2.04. The second-order valence-electron chi connectivity index (χ2n) is 5.02. The third-order valence-electron chi connectivity index (χ3n) is 3.19. The number of nitrogens with two attached hydrogens (primary N) is 1. The first-order valence-electron chi connectivity index (χ1n) is 7.37. The molecule has 0 saturated heterocycles. The molecule has 0 aliphatic heterocycles. The van der Waals surface area contributed by atoms with Gasteiger partial charge in [-0.25, -0.2) is 4.68 Å². The van der Waals surface area contributed by atoms with Gasteiger partial charge in [0.05, 0.1) is 11.9 Å². The molecule has 0 saturated carbocycles. The Bertz CT molecular complexity index is 362. The number of aromatic nitrogens is 3. The van der Waals surface area contributed by atoms with Crippen LogP contribution in [0.2, 0.25) is 0 Å². The molecule has 0 radical (unpaired) electrons. The Kier molecular flexibility index (Phi) is 8.05. The minimum atomic E-state index is 0.224. The first-order valence-corrected chi connectivity index (χ1v) is 7.37. The van der Waals surface area contributed by atoms with Crippen molar-refractivity contribution in [2.24, 2.45) is 5.73 Å². The number of unbranched alkanes of at least 4 members (excludes halogenated alkanes) is 6. The highest BCUT2D eigenvalue weighted by Crippen LogP contribution is 2.08. The van der Waals surface area contributed by atoms with Gasteiger partial charge in [-0.1, -0.05) is 50.7 Å². The highest BCUT2D eigenvalue weighted by molar-refractivity contribution is 5.77. The van der Waals surface area contributed by atoms with Crippen LogP contribution in [0.15, 0.2) is 6.20 Å². The summed E-state index contributed by atoms with van der Waals surface area (Å²) in [4.78, 5) is 11.7. The topological polar surface area (TPSA) is 73.8 Å². The van der Waals surface area contributed by atoms with Gasteiger partial charge in [-0.05, 0) is 6.42 Å². The number of carbonyl (C=O) groups is 1. The summed E-state index contributed by atoms with van der Waals surface area (Å²) < 4.78 is 1.58. The van der Waals surface area contributed by atoms with E-state index in [-0.39, 0.29) is 5.78 Å². The lowest BCUT2D eigenvalue weighted by Gasteiger charge is -2.01. The smallest absolute Gasteiger partial charge is 0.154 e. The van der Waals surface area contributed by atoms with Crippen molar-refractivity contribution in [2.75, 3.05) is 0 Å². The normalized spacial score (nSPS) is 10.8. The second kappa shape index (κ2) is 9.67. The lowest BCUT2D eigenvalue weighted by atomic mass is 10.1. The molecule has 0 atom stereocenters. The van der Waals surface area contributed by atoms with Gasteiger partial charge in [-0.15, -0.1) is 5.10 Å². The highest BCUT2D eigenvalue weighted by atomic mass is 16.1. The van der Waals surface area contributed by atoms with Gasteiger partial charge in [0.1, 0.15) is 6.54 Å². The largest absolute Gasteiger partial charge is 0.325 e. The average Bonchev–Trinajstić information content (AvgIpc) is 2.85. The molecule has 108 valence electrons. The number of carbonyl (C=O) groups excluding carboxylic acids is 1. The molecule has 5 heteroatoms. The van der Waals surface area contributed by atoms with Gasteiger partial charge in [0.25, 0.3) is 0 Å². The minimum Gasteiger partial charge on any atom is -0.325 e. The van der Waals surface area contributed by atoms with E-state index >= 15 is 0 Å². The van der Waals surface area contributed by atoms with Crippen molar-refractivity contribution in [1.29, 1.82) is 0 Å². The van der Waals surface area contributed by atoms with Gasteiger partial charge in [0, 0.05) is 13.0 Å². The zero-order valence-electron chi connectivity index (χ0n) is 12.0. The molecule has 1 rings (SSSR count). The molecule has 1 heterocycles. The Morgan fingerprint density at radius 3 is 2.53 bits per heavy atom. The summed E-state index contributed by atoms with van der Waals surface area (Å²) in [6.07, 6.45) is 11.0. The molecule has 0 unspecified atom stereocenters. The molecule has 0 aromatic carbocycles. The Hall–Kier alpha value is -1.23. The number of Topliss-reactive ketones (excluding diaryl/α,β-unsaturated/α-hetero) is 1. The maximum absolute atomic E-state index is 11.7. The molecule has 0 amide bonds. The van der Waals surface area contributed by atoms with Crippen molar-refractivity contribution in [3.63, 3.8) is 0 Å². The molecule has 19 heavy (non-hydrogen) atoms. The van der Waals surface area contributed by atoms with Gasteiger partial charge < -0.3 is 5.73 Å². The van der Waals surface area contributed by atoms with E-state index in [0.29, 0.717) is 19.5 Å². The number of nitrogens with zero attached hydrogens (tertiary/aromatic N) is 3. The summed E-state index contributed by atoms with van der Waals surface area (Å²) in [5.41, 5.74) is 6.17. The summed E-state index contributed by atoms with van der Waals surface area (Å²) in [7, 11) is 0. The fourth-order valence-electron chi connectivity index (χ4n) is 2.05. The summed E-state index contributed by atoms with van der Waals surface area (Å²) in [5, 5.41) is 7.73. The molecule has 1 aromatic heterocycles. The van der Waals surface area contributed by atoms with E-state index in [4.69, 9.17) is 5.73 Å². The zero-order valence-corrected chi connectivity index (χ0v) is 12.0. The van der Waals surface area contributed by atoms with Crippen molar-refractivity contribution in [3.05, 3.63) is 11.9 Å². The van der Waals surface area contributed by atoms with E-state index in [1.165, 1.54) is 32.1 Å². The van der Waals surface area contributed by atoms with Crippen LogP contribution in [0.3, 0.4) is 0 Å². The summed E-state index contributed by atoms with van der Waals surface area (Å²) >= 11 is 0. The molecule has 1 aromatic rings. The molecule has 0 bridgehead atoms. The molecule has 0 fully saturated rings. The van der Waals surface area contributed by atoms with E-state index in [1.807, 2.05) is 0 Å². The number of ketones is 1. The summed E-state index contributed by atoms with van der Waals surface area (Å²) in [6.45, 7) is 2.91. The standard InChI is InChI=1S/C14H26N4O/c1-2-3-4-5-6-7-8-9-14(19)12-18-11-13(10-15)16-17-18/h11H,2-10,12,15H2,1H3. The van der Waals surface area contributed by atoms with Gasteiger partial charge in [-0.2, -0.15) is 0 Å². The lowest BCUT2D eigenvalue weighted by molar-refractivity contribution is -0.119. The van der Waals surface area contributed by atoms with Crippen LogP contribution in [0.4, 0.5) is 0 Å². The van der Waals surface area contributed by atoms with Crippen LogP contribution >= 0.6 is 0 Å². The monoisotopic (exact) mass is 266 g/mol. The van der Waals surface area contributed by atoms with Crippen molar-refractivity contribution in [2.45, 2.75) is 71.4 Å². The van der Waals surface area contributed by atoms with Crippen LogP contribution in [0.5, 0.6) is 0 Å². The molecular formula is C14H26N4O. The molecule has 0 aliphatic carbocycles. The van der Waals surface area contributed by atoms with Crippen LogP contribution in [-0.2, 0) is 17.9 Å². The molecule has 2 N–H and O–H groups in total. The maximum Gasteiger partial charge on any atom is 0.154 e. The summed E-state index contributed by atoms with van der Waals surface area (Å²) in [6, 6.07) is 0. The first-order chi connectivity index (χ1) is 9.26. The van der Waals surface area contributed by atoms with Crippen molar-refractivity contribution in [3.8, 4) is 0 Å². The molecule has 5 nitrogen and oxygen atoms in total. The molecule has 0 aliphatic rings. The van der Waals surface area contributed by atoms with Gasteiger partial charge in [-0.3, -0.25) is 4.79 Å². The predicted octanol–water partition coefficient (Wildman–Crippen LogP) is 2.45. The van der Waals surface area contributed by atoms with E-state index in [9.17, 15) is 4.79 Å². The van der Waals surface area contributed by atoms with E-state index in [0.717, 1.165) is 18.5 Å². The number of rotatable bonds is 11. The Morgan fingerprint density at radius 2 is 1.89 bits per heavy atom. The minimum absolute atomic E-state index is 0.224. The van der Waals surface area contributed by atoms with Gasteiger partial charge in [0.2, 0.25) is 0 Å². The van der Waals surface area contributed by atoms with E-state index in [1.54, 1.807) is 10.9 Å². The Morgan fingerprint density at radius 1 is 1.21 bits per heavy atom. The highest BCUT2D eigenvalue weighted by Gasteiger charge is 2.05. The number of hydrogen-bond donors (Lipinski definition) is 1. The molecule has 0 spiro atoms. The fraction of sp³-hybridized carbons (Fsp3) is 0.786. The first kappa shape index (κ1) is 15.8. The third-order valence-corrected chi connectivity index (χ3v) is 3.19. The van der Waals surface area contributed by atoms with Crippen molar-refractivity contribution in [1.82, 2.24) is 15.0 Å². The third kappa shape index (κ3) is 7.06. The van der Waals surface area contributed by atoms with Crippen LogP contribution < -0.4 is 5.73 Å². The van der Waals surface area contributed by atoms with Crippen molar-refractivity contribution >= 4 is 5.78 Å². The SMILES string of the molecule is CCCCCCCCCC(=O)Cn1cc(CN)nn1. The Labute approximate surface area is 115 Å². The zero-order chi connectivity index (χ0) is 13.9. The average molecular weight is 266 g/mol. The van der Waals surface area contributed by atoms with E-state index in [2.05, 4.69) is 17.2 Å². The number of hydrogen-bond acceptors (Lipinski definition) is 4. The maximum atomic E-state index is 11.7. The van der Waals surface area contributed by atoms with Crippen LogP contribution in [0.1, 0.15) is 64.0 Å². The van der Waals surface area contributed by atoms with Crippen LogP contribution in [0, 0.1) is 0 Å².